The molecule has 0 atom stereocenters. The number of nitrogens with one attached hydrogen (secondary N) is 1. The number of rotatable bonds is 7. The normalized spacial score (nSPS) is 11.4. The summed E-state index contributed by atoms with van der Waals surface area (Å²) in [5.41, 5.74) is 0.264. The van der Waals surface area contributed by atoms with Crippen LogP contribution in [0.3, 0.4) is 0 Å². The van der Waals surface area contributed by atoms with Gasteiger partial charge in [0.25, 0.3) is 5.69 Å². The zero-order valence-electron chi connectivity index (χ0n) is 12.2. The van der Waals surface area contributed by atoms with Gasteiger partial charge in [0.05, 0.1) is 10.9 Å². The molecule has 0 aliphatic carbocycles. The summed E-state index contributed by atoms with van der Waals surface area (Å²) in [6, 6.07) is 5.66. The molecule has 0 saturated carbocycles. The smallest absolute Gasteiger partial charge is 0.270 e. The van der Waals surface area contributed by atoms with Crippen molar-refractivity contribution in [3.05, 3.63) is 50.7 Å². The van der Waals surface area contributed by atoms with E-state index in [0.717, 1.165) is 18.2 Å². The molecule has 0 aliphatic rings. The fraction of sp³-hybridized carbons (Fsp3) is 0.214. The number of hydrogen-bond acceptors (Lipinski definition) is 7. The number of non-ortho nitro benzene ring substituents is 1. The molecule has 8 nitrogen and oxygen atoms in total. The van der Waals surface area contributed by atoms with Crippen molar-refractivity contribution >= 4 is 29.5 Å². The lowest BCUT2D eigenvalue weighted by atomic mass is 10.2. The van der Waals surface area contributed by atoms with Gasteiger partial charge in [-0.2, -0.15) is 0 Å². The topological polar surface area (TPSA) is 125 Å². The van der Waals surface area contributed by atoms with Crippen molar-refractivity contribution in [2.45, 2.75) is 24.9 Å². The highest BCUT2D eigenvalue weighted by molar-refractivity contribution is 8.04. The molecule has 1 N–H and O–H groups in total. The third-order valence-corrected chi connectivity index (χ3v) is 3.65. The third kappa shape index (κ3) is 4.65. The maximum Gasteiger partial charge on any atom is 0.270 e. The molecule has 0 amide bonds. The number of thioether (sulfide) groups is 1. The lowest BCUT2D eigenvalue weighted by Gasteiger charge is -2.05. The van der Waals surface area contributed by atoms with E-state index in [2.05, 4.69) is 15.2 Å². The number of nitro groups is 1. The van der Waals surface area contributed by atoms with E-state index in [-0.39, 0.29) is 15.7 Å². The number of nitrogens with zero attached hydrogens (tertiary/aromatic N) is 3. The van der Waals surface area contributed by atoms with E-state index in [9.17, 15) is 20.0 Å². The van der Waals surface area contributed by atoms with Gasteiger partial charge in [0.2, 0.25) is 5.16 Å². The molecule has 0 bridgehead atoms. The highest BCUT2D eigenvalue weighted by Crippen LogP contribution is 2.26. The zero-order chi connectivity index (χ0) is 16.8. The molecular weight excluding hydrogens is 320 g/mol. The monoisotopic (exact) mass is 333 g/mol. The summed E-state index contributed by atoms with van der Waals surface area (Å²) in [5, 5.41) is 28.9. The number of carbonyl (C=O) groups excluding carboxylic acids is 1. The molecule has 23 heavy (non-hydrogen) atoms. The number of nitro benzene ring substituents is 1. The highest BCUT2D eigenvalue weighted by Gasteiger charge is 2.10. The maximum atomic E-state index is 11.3. The second-order valence-electron chi connectivity index (χ2n) is 4.56. The van der Waals surface area contributed by atoms with Crippen molar-refractivity contribution in [3.8, 4) is 0 Å². The van der Waals surface area contributed by atoms with Crippen molar-refractivity contribution in [3.63, 3.8) is 0 Å². The summed E-state index contributed by atoms with van der Waals surface area (Å²) in [6.07, 6.45) is 2.89. The second-order valence-corrected chi connectivity index (χ2v) is 5.57. The number of carboxylic acid groups (broad SMARTS) is 1. The van der Waals surface area contributed by atoms with E-state index in [1.807, 2.05) is 6.92 Å². The molecule has 9 heteroatoms. The summed E-state index contributed by atoms with van der Waals surface area (Å²) in [4.78, 5) is 25.5. The van der Waals surface area contributed by atoms with Crippen molar-refractivity contribution in [1.29, 1.82) is 0 Å². The Labute approximate surface area is 135 Å². The van der Waals surface area contributed by atoms with Gasteiger partial charge in [0, 0.05) is 23.5 Å². The second kappa shape index (κ2) is 7.54. The first-order valence-corrected chi connectivity index (χ1v) is 7.58. The molecule has 0 spiro atoms. The molecule has 2 aromatic rings. The van der Waals surface area contributed by atoms with Crippen molar-refractivity contribution < 1.29 is 14.8 Å². The summed E-state index contributed by atoms with van der Waals surface area (Å²) in [7, 11) is 0. The van der Waals surface area contributed by atoms with Crippen molar-refractivity contribution in [2.24, 2.45) is 0 Å². The number of benzene rings is 1. The van der Waals surface area contributed by atoms with Gasteiger partial charge in [-0.05, 0) is 29.8 Å². The van der Waals surface area contributed by atoms with Gasteiger partial charge in [-0.3, -0.25) is 15.2 Å². The number of aryl methyl sites for hydroxylation is 1. The molecule has 1 aromatic heterocycles. The molecule has 0 aliphatic heterocycles. The Morgan fingerprint density at radius 1 is 1.48 bits per heavy atom. The predicted octanol–water partition coefficient (Wildman–Crippen LogP) is 1.55. The SMILES string of the molecule is CCCc1nc(S/C(=C\c2cccc([N+](=O)[O-])c2)C(=O)[O-])n[nH]1. The molecular formula is C14H13N4O4S-. The number of aromatic nitrogens is 3. The Kier molecular flexibility index (Phi) is 5.47. The number of carboxylic acids is 1. The van der Waals surface area contributed by atoms with Crippen molar-refractivity contribution in [1.82, 2.24) is 15.2 Å². The van der Waals surface area contributed by atoms with E-state index >= 15 is 0 Å². The van der Waals surface area contributed by atoms with Gasteiger partial charge in [-0.1, -0.05) is 19.1 Å². The lowest BCUT2D eigenvalue weighted by molar-refractivity contribution is -0.384. The summed E-state index contributed by atoms with van der Waals surface area (Å²) in [6.45, 7) is 1.99. The van der Waals surface area contributed by atoms with E-state index in [4.69, 9.17) is 0 Å². The van der Waals surface area contributed by atoms with Crippen LogP contribution in [0.4, 0.5) is 5.69 Å². The molecule has 2 rings (SSSR count). The van der Waals surface area contributed by atoms with Gasteiger partial charge in [-0.25, -0.2) is 4.98 Å². The number of carbonyl (C=O) groups is 1. The number of aliphatic carboxylic acids is 1. The van der Waals surface area contributed by atoms with Crippen LogP contribution in [0.25, 0.3) is 6.08 Å². The van der Waals surface area contributed by atoms with Crippen LogP contribution >= 0.6 is 11.8 Å². The molecule has 0 unspecified atom stereocenters. The Bertz CT molecular complexity index is 757. The van der Waals surface area contributed by atoms with Crippen LogP contribution in [0.15, 0.2) is 34.3 Å². The Balaban J connectivity index is 2.25. The largest absolute Gasteiger partial charge is 0.544 e. The van der Waals surface area contributed by atoms with Gasteiger partial charge in [0.15, 0.2) is 0 Å². The minimum atomic E-state index is -1.40. The number of H-pyrrole nitrogens is 1. The first-order chi connectivity index (χ1) is 11.0. The summed E-state index contributed by atoms with van der Waals surface area (Å²) < 4.78 is 0. The van der Waals surface area contributed by atoms with Crippen LogP contribution in [0.5, 0.6) is 0 Å². The Morgan fingerprint density at radius 3 is 2.91 bits per heavy atom. The standard InChI is InChI=1S/C14H14N4O4S/c1-2-4-12-15-14(17-16-12)23-11(13(19)20)8-9-5-3-6-10(7-9)18(21)22/h3,5-8H,2,4H2,1H3,(H,19,20)(H,15,16,17)/p-1/b11-8-. The first-order valence-electron chi connectivity index (χ1n) is 6.76. The molecule has 0 fully saturated rings. The van der Waals surface area contributed by atoms with Gasteiger partial charge in [-0.15, -0.1) is 5.10 Å². The molecule has 0 radical (unpaired) electrons. The van der Waals surface area contributed by atoms with Gasteiger partial charge >= 0.3 is 0 Å². The average molecular weight is 333 g/mol. The minimum Gasteiger partial charge on any atom is -0.544 e. The van der Waals surface area contributed by atoms with Gasteiger partial charge in [0.1, 0.15) is 5.82 Å². The van der Waals surface area contributed by atoms with Crippen LogP contribution in [0, 0.1) is 10.1 Å². The quantitative estimate of drug-likeness (QED) is 0.352. The van der Waals surface area contributed by atoms with Crippen molar-refractivity contribution in [2.75, 3.05) is 0 Å². The lowest BCUT2D eigenvalue weighted by Crippen LogP contribution is -2.23. The summed E-state index contributed by atoms with van der Waals surface area (Å²) >= 11 is 0.828. The highest BCUT2D eigenvalue weighted by atomic mass is 32.2. The summed E-state index contributed by atoms with van der Waals surface area (Å²) in [5.74, 6) is -0.730. The Morgan fingerprint density at radius 2 is 2.26 bits per heavy atom. The van der Waals surface area contributed by atoms with Crippen LogP contribution in [0.1, 0.15) is 24.7 Å². The fourth-order valence-corrected chi connectivity index (χ4v) is 2.50. The van der Waals surface area contributed by atoms with Crippen LogP contribution in [-0.4, -0.2) is 26.1 Å². The average Bonchev–Trinajstić information content (AvgIpc) is 2.94. The van der Waals surface area contributed by atoms with Gasteiger partial charge < -0.3 is 9.90 Å². The molecule has 0 saturated heterocycles. The molecule has 1 aromatic carbocycles. The Hall–Kier alpha value is -2.68. The number of hydrogen-bond donors (Lipinski definition) is 1. The maximum absolute atomic E-state index is 11.3. The zero-order valence-corrected chi connectivity index (χ0v) is 13.0. The van der Waals surface area contributed by atoms with E-state index in [0.29, 0.717) is 17.8 Å². The first kappa shape index (κ1) is 16.7. The third-order valence-electron chi connectivity index (χ3n) is 2.78. The van der Waals surface area contributed by atoms with Crippen LogP contribution < -0.4 is 5.11 Å². The molecule has 120 valence electrons. The minimum absolute atomic E-state index is 0.121. The fourth-order valence-electron chi connectivity index (χ4n) is 1.78. The van der Waals surface area contributed by atoms with Crippen LogP contribution in [0.2, 0.25) is 0 Å². The van der Waals surface area contributed by atoms with E-state index in [1.165, 1.54) is 24.3 Å². The number of aromatic amines is 1. The molecule has 1 heterocycles. The van der Waals surface area contributed by atoms with Crippen LogP contribution in [-0.2, 0) is 11.2 Å². The van der Waals surface area contributed by atoms with E-state index < -0.39 is 10.9 Å². The van der Waals surface area contributed by atoms with E-state index in [1.54, 1.807) is 6.07 Å². The predicted molar refractivity (Wildman–Crippen MR) is 82.3 cm³/mol.